The van der Waals surface area contributed by atoms with E-state index in [1.807, 2.05) is 24.0 Å². The van der Waals surface area contributed by atoms with Crippen LogP contribution in [0.4, 0.5) is 0 Å². The molecule has 2 aliphatic rings. The number of hydrogen-bond donors (Lipinski definition) is 1. The van der Waals surface area contributed by atoms with Crippen molar-refractivity contribution in [1.29, 1.82) is 0 Å². The first-order valence-electron chi connectivity index (χ1n) is 8.40. The smallest absolute Gasteiger partial charge is 0.251 e. The number of aromatic nitrogens is 1. The van der Waals surface area contributed by atoms with E-state index >= 15 is 0 Å². The van der Waals surface area contributed by atoms with E-state index in [4.69, 9.17) is 9.47 Å². The predicted molar refractivity (Wildman–Crippen MR) is 86.1 cm³/mol. The van der Waals surface area contributed by atoms with Crippen LogP contribution in [0.1, 0.15) is 31.4 Å². The van der Waals surface area contributed by atoms with E-state index in [2.05, 4.69) is 10.3 Å². The molecule has 0 radical (unpaired) electrons. The topological polar surface area (TPSA) is 80.8 Å². The molecule has 0 spiro atoms. The van der Waals surface area contributed by atoms with Crippen molar-refractivity contribution in [1.82, 2.24) is 15.2 Å². The van der Waals surface area contributed by atoms with Gasteiger partial charge in [0, 0.05) is 31.6 Å². The van der Waals surface area contributed by atoms with Crippen LogP contribution in [0, 0.1) is 0 Å². The Morgan fingerprint density at radius 3 is 3.00 bits per heavy atom. The standard InChI is InChI=1S/C17H23N3O4/c1-2-23-9-8-19-17(22)16-15(12-4-3-7-18-10-12)20(13-5-6-13)14(21)11-24-16/h3-4,7,10,13,15-16H,2,5-6,8-9,11H2,1H3,(H,19,22)/t15-,16+/m1/s1. The molecule has 0 unspecified atom stereocenters. The molecule has 3 rings (SSSR count). The molecule has 0 aromatic carbocycles. The molecular formula is C17H23N3O4. The van der Waals surface area contributed by atoms with Gasteiger partial charge in [0.2, 0.25) is 5.91 Å². The Balaban J connectivity index is 1.78. The largest absolute Gasteiger partial charge is 0.380 e. The lowest BCUT2D eigenvalue weighted by Crippen LogP contribution is -2.55. The third kappa shape index (κ3) is 3.73. The number of carbonyl (C=O) groups is 2. The lowest BCUT2D eigenvalue weighted by atomic mass is 9.98. The molecule has 2 fully saturated rings. The van der Waals surface area contributed by atoms with Gasteiger partial charge in [0.1, 0.15) is 6.61 Å². The van der Waals surface area contributed by atoms with Crippen LogP contribution in [-0.4, -0.2) is 60.2 Å². The van der Waals surface area contributed by atoms with E-state index in [1.54, 1.807) is 12.4 Å². The van der Waals surface area contributed by atoms with Crippen LogP contribution >= 0.6 is 0 Å². The van der Waals surface area contributed by atoms with Crippen molar-refractivity contribution in [2.24, 2.45) is 0 Å². The monoisotopic (exact) mass is 333 g/mol. The fourth-order valence-electron chi connectivity index (χ4n) is 3.01. The summed E-state index contributed by atoms with van der Waals surface area (Å²) >= 11 is 0. The maximum atomic E-state index is 12.6. The maximum Gasteiger partial charge on any atom is 0.251 e. The summed E-state index contributed by atoms with van der Waals surface area (Å²) in [6, 6.07) is 3.46. The van der Waals surface area contributed by atoms with Crippen molar-refractivity contribution in [3.63, 3.8) is 0 Å². The zero-order chi connectivity index (χ0) is 16.9. The third-order valence-corrected chi connectivity index (χ3v) is 4.24. The first-order valence-corrected chi connectivity index (χ1v) is 8.40. The third-order valence-electron chi connectivity index (χ3n) is 4.24. The molecule has 1 N–H and O–H groups in total. The van der Waals surface area contributed by atoms with Crippen LogP contribution in [0.2, 0.25) is 0 Å². The lowest BCUT2D eigenvalue weighted by Gasteiger charge is -2.40. The van der Waals surface area contributed by atoms with Crippen molar-refractivity contribution in [3.8, 4) is 0 Å². The Kier molecular flexibility index (Phi) is 5.42. The molecular weight excluding hydrogens is 310 g/mol. The van der Waals surface area contributed by atoms with Crippen LogP contribution in [0.3, 0.4) is 0 Å². The number of carbonyl (C=O) groups excluding carboxylic acids is 2. The molecule has 1 saturated carbocycles. The van der Waals surface area contributed by atoms with Gasteiger partial charge in [-0.3, -0.25) is 14.6 Å². The number of rotatable bonds is 7. The Morgan fingerprint density at radius 2 is 2.33 bits per heavy atom. The highest BCUT2D eigenvalue weighted by Crippen LogP contribution is 2.39. The van der Waals surface area contributed by atoms with Crippen LogP contribution in [0.15, 0.2) is 24.5 Å². The number of morpholine rings is 1. The minimum atomic E-state index is -0.728. The van der Waals surface area contributed by atoms with E-state index in [9.17, 15) is 9.59 Å². The Morgan fingerprint density at radius 1 is 1.50 bits per heavy atom. The van der Waals surface area contributed by atoms with Gasteiger partial charge < -0.3 is 19.7 Å². The summed E-state index contributed by atoms with van der Waals surface area (Å²) in [7, 11) is 0. The normalized spacial score (nSPS) is 24.0. The van der Waals surface area contributed by atoms with Gasteiger partial charge >= 0.3 is 0 Å². The van der Waals surface area contributed by atoms with Crippen molar-refractivity contribution < 1.29 is 19.1 Å². The number of nitrogens with zero attached hydrogens (tertiary/aromatic N) is 2. The predicted octanol–water partition coefficient (Wildman–Crippen LogP) is 0.665. The van der Waals surface area contributed by atoms with Crippen LogP contribution in [-0.2, 0) is 19.1 Å². The van der Waals surface area contributed by atoms with Gasteiger partial charge in [-0.15, -0.1) is 0 Å². The fourth-order valence-corrected chi connectivity index (χ4v) is 3.01. The molecule has 1 aliphatic carbocycles. The number of pyridine rings is 1. The van der Waals surface area contributed by atoms with Gasteiger partial charge in [0.25, 0.3) is 5.91 Å². The van der Waals surface area contributed by atoms with Crippen molar-refractivity contribution in [3.05, 3.63) is 30.1 Å². The summed E-state index contributed by atoms with van der Waals surface area (Å²) in [5, 5.41) is 2.83. The van der Waals surface area contributed by atoms with Gasteiger partial charge in [0.05, 0.1) is 12.6 Å². The lowest BCUT2D eigenvalue weighted by molar-refractivity contribution is -0.165. The summed E-state index contributed by atoms with van der Waals surface area (Å²) in [5.41, 5.74) is 0.822. The number of hydrogen-bond acceptors (Lipinski definition) is 5. The average Bonchev–Trinajstić information content (AvgIpc) is 3.44. The highest BCUT2D eigenvalue weighted by Gasteiger charge is 2.47. The van der Waals surface area contributed by atoms with Gasteiger partial charge in [-0.05, 0) is 31.4 Å². The van der Waals surface area contributed by atoms with Crippen LogP contribution in [0.5, 0.6) is 0 Å². The number of ether oxygens (including phenoxy) is 2. The first kappa shape index (κ1) is 16.9. The maximum absolute atomic E-state index is 12.6. The highest BCUT2D eigenvalue weighted by molar-refractivity contribution is 5.86. The molecule has 7 heteroatoms. The van der Waals surface area contributed by atoms with E-state index in [-0.39, 0.29) is 24.5 Å². The number of nitrogens with one attached hydrogen (secondary N) is 1. The summed E-state index contributed by atoms with van der Waals surface area (Å²) in [6.45, 7) is 3.33. The summed E-state index contributed by atoms with van der Waals surface area (Å²) in [5.74, 6) is -0.286. The zero-order valence-corrected chi connectivity index (χ0v) is 13.8. The van der Waals surface area contributed by atoms with E-state index < -0.39 is 12.1 Å². The van der Waals surface area contributed by atoms with E-state index in [1.165, 1.54) is 0 Å². The van der Waals surface area contributed by atoms with Crippen molar-refractivity contribution >= 4 is 11.8 Å². The molecule has 2 heterocycles. The van der Waals surface area contributed by atoms with Gasteiger partial charge in [-0.25, -0.2) is 0 Å². The molecule has 2 amide bonds. The highest BCUT2D eigenvalue weighted by atomic mass is 16.5. The Bertz CT molecular complexity index is 576. The van der Waals surface area contributed by atoms with Crippen LogP contribution in [0.25, 0.3) is 0 Å². The van der Waals surface area contributed by atoms with E-state index in [0.717, 1.165) is 18.4 Å². The molecule has 1 aliphatic heterocycles. The van der Waals surface area contributed by atoms with Crippen molar-refractivity contribution in [2.75, 3.05) is 26.4 Å². The molecule has 7 nitrogen and oxygen atoms in total. The zero-order valence-electron chi connectivity index (χ0n) is 13.8. The fraction of sp³-hybridized carbons (Fsp3) is 0.588. The molecule has 1 saturated heterocycles. The molecule has 1 aromatic heterocycles. The average molecular weight is 333 g/mol. The SMILES string of the molecule is CCOCCNC(=O)[C@H]1OCC(=O)N(C2CC2)[C@@H]1c1cccnc1. The summed E-state index contributed by atoms with van der Waals surface area (Å²) in [6.07, 6.45) is 4.59. The summed E-state index contributed by atoms with van der Waals surface area (Å²) in [4.78, 5) is 30.9. The second-order valence-electron chi connectivity index (χ2n) is 5.98. The second-order valence-corrected chi connectivity index (χ2v) is 5.98. The summed E-state index contributed by atoms with van der Waals surface area (Å²) < 4.78 is 10.9. The quantitative estimate of drug-likeness (QED) is 0.742. The van der Waals surface area contributed by atoms with E-state index in [0.29, 0.717) is 19.8 Å². The van der Waals surface area contributed by atoms with Crippen molar-refractivity contribution in [2.45, 2.75) is 38.0 Å². The minimum absolute atomic E-state index is 0.0587. The first-order chi connectivity index (χ1) is 11.7. The van der Waals surface area contributed by atoms with Crippen LogP contribution < -0.4 is 5.32 Å². The molecule has 1 aromatic rings. The molecule has 0 bridgehead atoms. The Labute approximate surface area is 141 Å². The molecule has 2 atom stereocenters. The Hall–Kier alpha value is -1.99. The minimum Gasteiger partial charge on any atom is -0.380 e. The number of amides is 2. The van der Waals surface area contributed by atoms with Gasteiger partial charge in [0.15, 0.2) is 6.10 Å². The second kappa shape index (κ2) is 7.72. The molecule has 24 heavy (non-hydrogen) atoms. The van der Waals surface area contributed by atoms with Gasteiger partial charge in [-0.1, -0.05) is 6.07 Å². The van der Waals surface area contributed by atoms with Gasteiger partial charge in [-0.2, -0.15) is 0 Å². The molecule has 130 valence electrons.